The van der Waals surface area contributed by atoms with Crippen molar-refractivity contribution in [1.29, 1.82) is 0 Å². The Bertz CT molecular complexity index is 273. The second-order valence-electron chi connectivity index (χ2n) is 5.87. The molecule has 1 aliphatic rings. The smallest absolute Gasteiger partial charge is 0.0617 e. The molecule has 0 saturated heterocycles. The topological polar surface area (TPSA) is 20.2 Å². The third-order valence-corrected chi connectivity index (χ3v) is 3.98. The molecule has 1 saturated carbocycles. The first-order chi connectivity index (χ1) is 7.47. The molecule has 1 nitrogen and oxygen atoms in total. The molecule has 1 rings (SSSR count). The molecule has 2 unspecified atom stereocenters. The quantitative estimate of drug-likeness (QED) is 0.717. The van der Waals surface area contributed by atoms with Crippen LogP contribution in [0.3, 0.4) is 0 Å². The molecule has 1 fully saturated rings. The molecule has 1 aliphatic carbocycles. The summed E-state index contributed by atoms with van der Waals surface area (Å²) in [5, 5.41) is 8.82. The Morgan fingerprint density at radius 2 is 2.12 bits per heavy atom. The van der Waals surface area contributed by atoms with Gasteiger partial charge < -0.3 is 5.11 Å². The molecular weight excluding hydrogens is 196 g/mol. The fraction of sp³-hybridized carbons (Fsp3) is 0.733. The fourth-order valence-electron chi connectivity index (χ4n) is 2.91. The van der Waals surface area contributed by atoms with Gasteiger partial charge in [0.2, 0.25) is 0 Å². The molecule has 92 valence electrons. The highest BCUT2D eigenvalue weighted by atomic mass is 16.2. The van der Waals surface area contributed by atoms with Crippen LogP contribution in [0.25, 0.3) is 0 Å². The summed E-state index contributed by atoms with van der Waals surface area (Å²) < 4.78 is 0. The highest BCUT2D eigenvalue weighted by Crippen LogP contribution is 2.44. The molecule has 0 aromatic rings. The Morgan fingerprint density at radius 3 is 2.69 bits per heavy atom. The van der Waals surface area contributed by atoms with Gasteiger partial charge in [0, 0.05) is 0 Å². The van der Waals surface area contributed by atoms with Crippen molar-refractivity contribution >= 4 is 0 Å². The van der Waals surface area contributed by atoms with Gasteiger partial charge in [0.15, 0.2) is 0 Å². The summed E-state index contributed by atoms with van der Waals surface area (Å²) in [4.78, 5) is 0. The van der Waals surface area contributed by atoms with Crippen LogP contribution in [0.15, 0.2) is 23.8 Å². The van der Waals surface area contributed by atoms with E-state index in [1.54, 1.807) is 0 Å². The van der Waals surface area contributed by atoms with E-state index in [0.29, 0.717) is 11.3 Å². The maximum atomic E-state index is 8.82. The van der Waals surface area contributed by atoms with E-state index in [0.717, 1.165) is 11.5 Å². The average Bonchev–Trinajstić information content (AvgIpc) is 2.16. The first-order valence-corrected chi connectivity index (χ1v) is 6.43. The highest BCUT2D eigenvalue weighted by Gasteiger charge is 2.34. The summed E-state index contributed by atoms with van der Waals surface area (Å²) >= 11 is 0. The van der Waals surface area contributed by atoms with Crippen molar-refractivity contribution in [2.75, 3.05) is 6.61 Å². The Kier molecular flexibility index (Phi) is 4.79. The van der Waals surface area contributed by atoms with Crippen LogP contribution in [0.1, 0.15) is 47.0 Å². The molecule has 0 bridgehead atoms. The largest absolute Gasteiger partial charge is 0.392 e. The number of aliphatic hydroxyl groups excluding tert-OH is 1. The summed E-state index contributed by atoms with van der Waals surface area (Å²) in [7, 11) is 0. The lowest BCUT2D eigenvalue weighted by atomic mass is 9.64. The Hall–Kier alpha value is -0.560. The summed E-state index contributed by atoms with van der Waals surface area (Å²) in [6.07, 6.45) is 10.4. The molecule has 2 atom stereocenters. The van der Waals surface area contributed by atoms with Gasteiger partial charge in [-0.15, -0.1) is 0 Å². The first-order valence-electron chi connectivity index (χ1n) is 6.43. The second kappa shape index (κ2) is 5.67. The molecule has 0 radical (unpaired) electrons. The van der Waals surface area contributed by atoms with E-state index in [4.69, 9.17) is 5.11 Å². The lowest BCUT2D eigenvalue weighted by molar-refractivity contribution is 0.123. The Labute approximate surface area is 100 Å². The highest BCUT2D eigenvalue weighted by molar-refractivity contribution is 5.18. The number of hydrogen-bond donors (Lipinski definition) is 1. The minimum Gasteiger partial charge on any atom is -0.392 e. The second-order valence-corrected chi connectivity index (χ2v) is 5.87. The van der Waals surface area contributed by atoms with Crippen LogP contribution in [-0.2, 0) is 0 Å². The van der Waals surface area contributed by atoms with Crippen molar-refractivity contribution in [3.8, 4) is 0 Å². The first kappa shape index (κ1) is 13.5. The van der Waals surface area contributed by atoms with Crippen LogP contribution in [0.2, 0.25) is 0 Å². The molecule has 0 aromatic carbocycles. The zero-order valence-electron chi connectivity index (χ0n) is 11.2. The van der Waals surface area contributed by atoms with Crippen molar-refractivity contribution in [3.63, 3.8) is 0 Å². The molecule has 1 heteroatoms. The van der Waals surface area contributed by atoms with E-state index >= 15 is 0 Å². The van der Waals surface area contributed by atoms with E-state index < -0.39 is 0 Å². The third kappa shape index (κ3) is 3.48. The summed E-state index contributed by atoms with van der Waals surface area (Å²) in [6.45, 7) is 9.31. The van der Waals surface area contributed by atoms with Crippen molar-refractivity contribution in [2.24, 2.45) is 17.3 Å². The van der Waals surface area contributed by atoms with Gasteiger partial charge >= 0.3 is 0 Å². The number of allylic oxidation sites excluding steroid dienone is 3. The van der Waals surface area contributed by atoms with E-state index in [-0.39, 0.29) is 6.61 Å². The minimum absolute atomic E-state index is 0.139. The number of rotatable bonds is 3. The summed E-state index contributed by atoms with van der Waals surface area (Å²) in [5.41, 5.74) is 1.59. The Balaban J connectivity index is 2.73. The van der Waals surface area contributed by atoms with E-state index in [1.165, 1.54) is 19.3 Å². The molecule has 0 heterocycles. The van der Waals surface area contributed by atoms with Gasteiger partial charge in [-0.2, -0.15) is 0 Å². The molecule has 0 aromatic heterocycles. The van der Waals surface area contributed by atoms with Crippen molar-refractivity contribution in [1.82, 2.24) is 0 Å². The summed E-state index contributed by atoms with van der Waals surface area (Å²) in [5.74, 6) is 1.45. The Morgan fingerprint density at radius 1 is 1.44 bits per heavy atom. The maximum absolute atomic E-state index is 8.82. The SMILES string of the molecule is CC(/C=C/C1C(C)CCCC1(C)C)=C\CO. The van der Waals surface area contributed by atoms with Gasteiger partial charge in [-0.3, -0.25) is 0 Å². The average molecular weight is 222 g/mol. The van der Waals surface area contributed by atoms with Gasteiger partial charge in [0.05, 0.1) is 6.61 Å². The molecule has 0 spiro atoms. The minimum atomic E-state index is 0.139. The van der Waals surface area contributed by atoms with Crippen molar-refractivity contribution in [2.45, 2.75) is 47.0 Å². The molecule has 16 heavy (non-hydrogen) atoms. The predicted octanol–water partition coefficient (Wildman–Crippen LogP) is 3.94. The lowest BCUT2D eigenvalue weighted by Crippen LogP contribution is -2.32. The molecular formula is C15H26O. The number of hydrogen-bond acceptors (Lipinski definition) is 1. The van der Waals surface area contributed by atoms with E-state index in [2.05, 4.69) is 32.9 Å². The fourth-order valence-corrected chi connectivity index (χ4v) is 2.91. The molecule has 0 aliphatic heterocycles. The number of aliphatic hydroxyl groups is 1. The monoisotopic (exact) mass is 222 g/mol. The van der Waals surface area contributed by atoms with Crippen LogP contribution in [0, 0.1) is 17.3 Å². The zero-order chi connectivity index (χ0) is 12.2. The van der Waals surface area contributed by atoms with Crippen molar-refractivity contribution < 1.29 is 5.11 Å². The zero-order valence-corrected chi connectivity index (χ0v) is 11.2. The van der Waals surface area contributed by atoms with Crippen LogP contribution in [0.4, 0.5) is 0 Å². The van der Waals surface area contributed by atoms with Gasteiger partial charge in [-0.1, -0.05) is 57.4 Å². The van der Waals surface area contributed by atoms with E-state index in [9.17, 15) is 0 Å². The van der Waals surface area contributed by atoms with Crippen LogP contribution in [-0.4, -0.2) is 11.7 Å². The van der Waals surface area contributed by atoms with Gasteiger partial charge in [0.1, 0.15) is 0 Å². The van der Waals surface area contributed by atoms with Gasteiger partial charge in [-0.05, 0) is 30.6 Å². The standard InChI is InChI=1S/C15H26O/c1-12(9-11-16)7-8-14-13(2)6-5-10-15(14,3)4/h7-9,13-14,16H,5-6,10-11H2,1-4H3/b8-7+,12-9+. The molecule has 1 N–H and O–H groups in total. The molecule has 0 amide bonds. The third-order valence-electron chi connectivity index (χ3n) is 3.98. The predicted molar refractivity (Wildman–Crippen MR) is 70.3 cm³/mol. The van der Waals surface area contributed by atoms with Crippen LogP contribution in [0.5, 0.6) is 0 Å². The van der Waals surface area contributed by atoms with Gasteiger partial charge in [-0.25, -0.2) is 0 Å². The van der Waals surface area contributed by atoms with Crippen LogP contribution < -0.4 is 0 Å². The van der Waals surface area contributed by atoms with Gasteiger partial charge in [0.25, 0.3) is 0 Å². The van der Waals surface area contributed by atoms with Crippen LogP contribution >= 0.6 is 0 Å². The normalized spacial score (nSPS) is 30.9. The van der Waals surface area contributed by atoms with Crippen molar-refractivity contribution in [3.05, 3.63) is 23.8 Å². The lowest BCUT2D eigenvalue weighted by Gasteiger charge is -2.41. The summed E-state index contributed by atoms with van der Waals surface area (Å²) in [6, 6.07) is 0. The maximum Gasteiger partial charge on any atom is 0.0617 e. The van der Waals surface area contributed by atoms with E-state index in [1.807, 2.05) is 13.0 Å².